The molecule has 0 saturated heterocycles. The molecule has 112 valence electrons. The smallest absolute Gasteiger partial charge is 0.0764 e. The van der Waals surface area contributed by atoms with Crippen molar-refractivity contribution >= 4 is 0 Å². The number of rotatable bonds is 4. The van der Waals surface area contributed by atoms with Gasteiger partial charge in [-0.3, -0.25) is 0 Å². The zero-order valence-corrected chi connectivity index (χ0v) is 13.4. The van der Waals surface area contributed by atoms with Crippen LogP contribution >= 0.6 is 0 Å². The summed E-state index contributed by atoms with van der Waals surface area (Å²) in [6.45, 7) is 4.45. The number of aliphatic hydroxyl groups excluding tert-OH is 1. The molecule has 1 saturated carbocycles. The van der Waals surface area contributed by atoms with Crippen molar-refractivity contribution in [2.75, 3.05) is 14.1 Å². The van der Waals surface area contributed by atoms with Crippen molar-refractivity contribution in [2.45, 2.75) is 57.6 Å². The number of benzene rings is 1. The van der Waals surface area contributed by atoms with Gasteiger partial charge in [0.05, 0.1) is 6.10 Å². The summed E-state index contributed by atoms with van der Waals surface area (Å²) in [5, 5.41) is 10.9. The molecular weight excluding hydrogens is 246 g/mol. The van der Waals surface area contributed by atoms with Gasteiger partial charge in [-0.25, -0.2) is 0 Å². The summed E-state index contributed by atoms with van der Waals surface area (Å²) < 4.78 is 0. The van der Waals surface area contributed by atoms with Crippen LogP contribution in [0.1, 0.15) is 43.7 Å². The van der Waals surface area contributed by atoms with E-state index < -0.39 is 0 Å². The molecule has 1 aromatic rings. The third-order valence-electron chi connectivity index (χ3n) is 5.19. The van der Waals surface area contributed by atoms with Crippen LogP contribution in [-0.2, 0) is 6.42 Å². The summed E-state index contributed by atoms with van der Waals surface area (Å²) in [4.78, 5) is 2.27. The molecule has 20 heavy (non-hydrogen) atoms. The largest absolute Gasteiger partial charge is 0.391 e. The Morgan fingerprint density at radius 1 is 1.35 bits per heavy atom. The summed E-state index contributed by atoms with van der Waals surface area (Å²) in [5.74, 6) is 0.706. The second-order valence-electron chi connectivity index (χ2n) is 6.85. The third kappa shape index (κ3) is 3.07. The molecule has 0 radical (unpaired) electrons. The van der Waals surface area contributed by atoms with E-state index in [-0.39, 0.29) is 11.6 Å². The van der Waals surface area contributed by atoms with Crippen LogP contribution in [0.5, 0.6) is 0 Å². The molecule has 1 fully saturated rings. The van der Waals surface area contributed by atoms with Gasteiger partial charge in [-0.1, -0.05) is 44.0 Å². The van der Waals surface area contributed by atoms with Crippen LogP contribution < -0.4 is 0 Å². The zero-order chi connectivity index (χ0) is 14.8. The second-order valence-corrected chi connectivity index (χ2v) is 6.85. The van der Waals surface area contributed by atoms with Gasteiger partial charge in [0.2, 0.25) is 0 Å². The highest BCUT2D eigenvalue weighted by atomic mass is 16.3. The molecule has 3 atom stereocenters. The molecule has 0 amide bonds. The van der Waals surface area contributed by atoms with Crippen molar-refractivity contribution < 1.29 is 5.11 Å². The summed E-state index contributed by atoms with van der Waals surface area (Å²) in [7, 11) is 4.25. The number of hydrogen-bond donors (Lipinski definition) is 1. The van der Waals surface area contributed by atoms with Crippen LogP contribution in [0.4, 0.5) is 0 Å². The number of hydrogen-bond acceptors (Lipinski definition) is 2. The van der Waals surface area contributed by atoms with E-state index >= 15 is 0 Å². The monoisotopic (exact) mass is 275 g/mol. The maximum atomic E-state index is 10.9. The van der Waals surface area contributed by atoms with Crippen LogP contribution in [0.2, 0.25) is 0 Å². The lowest BCUT2D eigenvalue weighted by atomic mass is 9.71. The first kappa shape index (κ1) is 15.5. The fourth-order valence-corrected chi connectivity index (χ4v) is 3.81. The van der Waals surface area contributed by atoms with E-state index in [1.54, 1.807) is 0 Å². The first-order chi connectivity index (χ1) is 9.45. The third-order valence-corrected chi connectivity index (χ3v) is 5.19. The normalized spacial score (nSPS) is 28.6. The molecule has 3 unspecified atom stereocenters. The second kappa shape index (κ2) is 6.28. The van der Waals surface area contributed by atoms with Gasteiger partial charge in [0.1, 0.15) is 0 Å². The van der Waals surface area contributed by atoms with Gasteiger partial charge < -0.3 is 10.0 Å². The van der Waals surface area contributed by atoms with Crippen molar-refractivity contribution in [1.29, 1.82) is 0 Å². The van der Waals surface area contributed by atoms with Gasteiger partial charge in [0, 0.05) is 12.0 Å². The van der Waals surface area contributed by atoms with Crippen LogP contribution in [0.3, 0.4) is 0 Å². The standard InChI is InChI=1S/C18H29NO/c1-14-8-7-11-18(13-14,19(3)4)17(20)12-16-10-6-5-9-15(16)2/h5-6,9-10,14,17,20H,7-8,11-13H2,1-4H3. The minimum absolute atomic E-state index is 0.0556. The Morgan fingerprint density at radius 3 is 2.65 bits per heavy atom. The SMILES string of the molecule is Cc1ccccc1CC(O)C1(N(C)C)CCCC(C)C1. The van der Waals surface area contributed by atoms with Crippen molar-refractivity contribution in [2.24, 2.45) is 5.92 Å². The Morgan fingerprint density at radius 2 is 2.05 bits per heavy atom. The van der Waals surface area contributed by atoms with E-state index in [1.165, 1.54) is 24.0 Å². The van der Waals surface area contributed by atoms with E-state index in [0.717, 1.165) is 19.3 Å². The molecule has 2 nitrogen and oxygen atoms in total. The molecule has 2 heteroatoms. The molecule has 0 bridgehead atoms. The molecule has 0 aromatic heterocycles. The molecule has 2 rings (SSSR count). The topological polar surface area (TPSA) is 23.5 Å². The lowest BCUT2D eigenvalue weighted by molar-refractivity contribution is -0.0425. The van der Waals surface area contributed by atoms with Crippen LogP contribution in [-0.4, -0.2) is 35.7 Å². The first-order valence-electron chi connectivity index (χ1n) is 7.86. The summed E-state index contributed by atoms with van der Waals surface area (Å²) >= 11 is 0. The summed E-state index contributed by atoms with van der Waals surface area (Å²) in [6.07, 6.45) is 5.21. The molecule has 0 spiro atoms. The number of aliphatic hydroxyl groups is 1. The summed E-state index contributed by atoms with van der Waals surface area (Å²) in [5.41, 5.74) is 2.50. The molecule has 1 N–H and O–H groups in total. The van der Waals surface area contributed by atoms with Crippen molar-refractivity contribution in [3.05, 3.63) is 35.4 Å². The summed E-state index contributed by atoms with van der Waals surface area (Å²) in [6, 6.07) is 8.42. The number of aryl methyl sites for hydroxylation is 1. The highest BCUT2D eigenvalue weighted by Crippen LogP contribution is 2.39. The van der Waals surface area contributed by atoms with Gasteiger partial charge in [0.25, 0.3) is 0 Å². The molecule has 0 heterocycles. The molecule has 1 aliphatic rings. The molecular formula is C18H29NO. The zero-order valence-electron chi connectivity index (χ0n) is 13.4. The van der Waals surface area contributed by atoms with Crippen molar-refractivity contribution in [3.8, 4) is 0 Å². The van der Waals surface area contributed by atoms with Crippen LogP contribution in [0.25, 0.3) is 0 Å². The Labute approximate surface area is 123 Å². The Bertz CT molecular complexity index is 443. The van der Waals surface area contributed by atoms with Gasteiger partial charge in [0.15, 0.2) is 0 Å². The van der Waals surface area contributed by atoms with Gasteiger partial charge >= 0.3 is 0 Å². The number of nitrogens with zero attached hydrogens (tertiary/aromatic N) is 1. The average molecular weight is 275 g/mol. The van der Waals surface area contributed by atoms with E-state index in [4.69, 9.17) is 0 Å². The van der Waals surface area contributed by atoms with E-state index in [1.807, 2.05) is 0 Å². The van der Waals surface area contributed by atoms with Crippen LogP contribution in [0, 0.1) is 12.8 Å². The van der Waals surface area contributed by atoms with E-state index in [9.17, 15) is 5.11 Å². The minimum atomic E-state index is -0.290. The molecule has 1 aromatic carbocycles. The van der Waals surface area contributed by atoms with Gasteiger partial charge in [-0.05, 0) is 50.9 Å². The van der Waals surface area contributed by atoms with Gasteiger partial charge in [-0.15, -0.1) is 0 Å². The number of likely N-dealkylation sites (N-methyl/N-ethyl adjacent to an activating group) is 1. The minimum Gasteiger partial charge on any atom is -0.391 e. The first-order valence-corrected chi connectivity index (χ1v) is 7.86. The van der Waals surface area contributed by atoms with E-state index in [2.05, 4.69) is 57.1 Å². The maximum Gasteiger partial charge on any atom is 0.0764 e. The quantitative estimate of drug-likeness (QED) is 0.910. The highest BCUT2D eigenvalue weighted by Gasteiger charge is 2.42. The fourth-order valence-electron chi connectivity index (χ4n) is 3.81. The predicted molar refractivity (Wildman–Crippen MR) is 84.9 cm³/mol. The molecule has 0 aliphatic heterocycles. The fraction of sp³-hybridized carbons (Fsp3) is 0.667. The van der Waals surface area contributed by atoms with Crippen molar-refractivity contribution in [1.82, 2.24) is 4.90 Å². The van der Waals surface area contributed by atoms with Crippen molar-refractivity contribution in [3.63, 3.8) is 0 Å². The Hall–Kier alpha value is -0.860. The maximum absolute atomic E-state index is 10.9. The average Bonchev–Trinajstić information content (AvgIpc) is 2.41. The lowest BCUT2D eigenvalue weighted by Crippen LogP contribution is -2.56. The highest BCUT2D eigenvalue weighted by molar-refractivity contribution is 5.27. The Balaban J connectivity index is 2.19. The van der Waals surface area contributed by atoms with Gasteiger partial charge in [-0.2, -0.15) is 0 Å². The predicted octanol–water partition coefficient (Wildman–Crippen LogP) is 3.41. The Kier molecular flexibility index (Phi) is 4.87. The lowest BCUT2D eigenvalue weighted by Gasteiger charge is -2.48. The molecule has 1 aliphatic carbocycles. The van der Waals surface area contributed by atoms with E-state index in [0.29, 0.717) is 5.92 Å². The van der Waals surface area contributed by atoms with Crippen LogP contribution in [0.15, 0.2) is 24.3 Å².